The van der Waals surface area contributed by atoms with Crippen LogP contribution in [0.25, 0.3) is 22.6 Å². The van der Waals surface area contributed by atoms with Crippen LogP contribution in [0.1, 0.15) is 16.7 Å². The van der Waals surface area contributed by atoms with Gasteiger partial charge in [0, 0.05) is 34.2 Å². The Bertz CT molecular complexity index is 1280. The molecule has 2 nitrogen and oxygen atoms in total. The van der Waals surface area contributed by atoms with Gasteiger partial charge in [-0.25, -0.2) is 4.39 Å². The fraction of sp³-hybridized carbons (Fsp3) is 0.0417. The van der Waals surface area contributed by atoms with Crippen molar-refractivity contribution < 1.29 is 4.39 Å². The number of hydrogen-bond donors (Lipinski definition) is 0. The zero-order valence-electron chi connectivity index (χ0n) is 15.2. The van der Waals surface area contributed by atoms with E-state index >= 15 is 0 Å². The molecule has 0 atom stereocenters. The lowest BCUT2D eigenvalue weighted by atomic mass is 10.0. The highest BCUT2D eigenvalue weighted by atomic mass is 35.5. The summed E-state index contributed by atoms with van der Waals surface area (Å²) < 4.78 is 15.5. The highest BCUT2D eigenvalue weighted by Crippen LogP contribution is 2.29. The van der Waals surface area contributed by atoms with Crippen molar-refractivity contribution in [2.24, 2.45) is 0 Å². The highest BCUT2D eigenvalue weighted by molar-refractivity contribution is 6.36. The topological polar surface area (TPSA) is 28.7 Å². The van der Waals surface area contributed by atoms with Crippen LogP contribution in [0.2, 0.25) is 10.0 Å². The third-order valence-corrected chi connectivity index (χ3v) is 5.24. The minimum atomic E-state index is -0.240. The van der Waals surface area contributed by atoms with Crippen LogP contribution in [0.4, 0.5) is 4.39 Å². The lowest BCUT2D eigenvalue weighted by Crippen LogP contribution is -1.98. The van der Waals surface area contributed by atoms with Crippen LogP contribution in [0.15, 0.2) is 72.9 Å². The van der Waals surface area contributed by atoms with Gasteiger partial charge in [-0.1, -0.05) is 47.5 Å². The number of fused-ring (bicyclic) bond motifs is 1. The van der Waals surface area contributed by atoms with Crippen molar-refractivity contribution in [3.8, 4) is 6.07 Å². The molecule has 0 saturated heterocycles. The van der Waals surface area contributed by atoms with Crippen molar-refractivity contribution in [1.29, 1.82) is 5.26 Å². The molecule has 1 heterocycles. The SMILES string of the molecule is N#C/C(=C\c1ccc2c(ccn2Cc2cccc(F)c2)c1)c1ccc(Cl)cc1Cl. The normalized spacial score (nSPS) is 11.6. The summed E-state index contributed by atoms with van der Waals surface area (Å²) >= 11 is 12.2. The molecule has 0 unspecified atom stereocenters. The molecule has 29 heavy (non-hydrogen) atoms. The molecule has 0 amide bonds. The van der Waals surface area contributed by atoms with Gasteiger partial charge in [0.15, 0.2) is 0 Å². The average molecular weight is 421 g/mol. The molecule has 0 radical (unpaired) electrons. The van der Waals surface area contributed by atoms with Gasteiger partial charge in [-0.05, 0) is 59.7 Å². The fourth-order valence-electron chi connectivity index (χ4n) is 3.32. The molecule has 0 N–H and O–H groups in total. The van der Waals surface area contributed by atoms with Crippen LogP contribution in [0.3, 0.4) is 0 Å². The molecule has 0 aliphatic heterocycles. The van der Waals surface area contributed by atoms with E-state index in [4.69, 9.17) is 23.2 Å². The zero-order valence-corrected chi connectivity index (χ0v) is 16.8. The molecule has 0 saturated carbocycles. The Balaban J connectivity index is 1.67. The number of rotatable bonds is 4. The average Bonchev–Trinajstić information content (AvgIpc) is 3.08. The minimum absolute atomic E-state index is 0.240. The Hall–Kier alpha value is -3.06. The van der Waals surface area contributed by atoms with E-state index in [9.17, 15) is 9.65 Å². The third-order valence-electron chi connectivity index (χ3n) is 4.69. The predicted octanol–water partition coefficient (Wildman–Crippen LogP) is 7.20. The number of nitriles is 1. The molecular formula is C24H15Cl2FN2. The van der Waals surface area contributed by atoms with Gasteiger partial charge in [0.1, 0.15) is 5.82 Å². The van der Waals surface area contributed by atoms with Crippen molar-refractivity contribution in [2.75, 3.05) is 0 Å². The number of hydrogen-bond acceptors (Lipinski definition) is 1. The van der Waals surface area contributed by atoms with Crippen molar-refractivity contribution >= 4 is 45.8 Å². The van der Waals surface area contributed by atoms with Crippen LogP contribution >= 0.6 is 23.2 Å². The zero-order chi connectivity index (χ0) is 20.4. The summed E-state index contributed by atoms with van der Waals surface area (Å²) in [5.74, 6) is -0.240. The molecule has 1 aromatic heterocycles. The van der Waals surface area contributed by atoms with Gasteiger partial charge >= 0.3 is 0 Å². The molecule has 5 heteroatoms. The van der Waals surface area contributed by atoms with Gasteiger partial charge in [-0.2, -0.15) is 5.26 Å². The summed E-state index contributed by atoms with van der Waals surface area (Å²) in [5, 5.41) is 11.6. The van der Waals surface area contributed by atoms with Gasteiger partial charge < -0.3 is 4.57 Å². The Kier molecular flexibility index (Phi) is 5.40. The summed E-state index contributed by atoms with van der Waals surface area (Å²) in [6.45, 7) is 0.584. The maximum atomic E-state index is 13.4. The Morgan fingerprint density at radius 1 is 1.03 bits per heavy atom. The standard InChI is InChI=1S/C24H15Cl2FN2/c25-20-5-6-22(23(26)13-20)19(14-28)11-16-4-7-24-18(10-16)8-9-29(24)15-17-2-1-3-21(27)12-17/h1-13H,15H2/b19-11+. The van der Waals surface area contributed by atoms with E-state index in [0.29, 0.717) is 27.7 Å². The first-order chi connectivity index (χ1) is 14.0. The van der Waals surface area contributed by atoms with Crippen LogP contribution in [0.5, 0.6) is 0 Å². The molecule has 142 valence electrons. The summed E-state index contributed by atoms with van der Waals surface area (Å²) in [6, 6.07) is 21.9. The van der Waals surface area contributed by atoms with E-state index in [2.05, 4.69) is 10.6 Å². The van der Waals surface area contributed by atoms with Gasteiger partial charge in [0.05, 0.1) is 16.7 Å². The van der Waals surface area contributed by atoms with Crippen LogP contribution in [-0.2, 0) is 6.54 Å². The van der Waals surface area contributed by atoms with Gasteiger partial charge in [0.2, 0.25) is 0 Å². The molecule has 4 rings (SSSR count). The maximum absolute atomic E-state index is 13.4. The Labute approximate surface area is 178 Å². The van der Waals surface area contributed by atoms with Crippen molar-refractivity contribution in [2.45, 2.75) is 6.54 Å². The van der Waals surface area contributed by atoms with Gasteiger partial charge in [-0.15, -0.1) is 0 Å². The first kappa shape index (κ1) is 19.3. The predicted molar refractivity (Wildman–Crippen MR) is 117 cm³/mol. The van der Waals surface area contributed by atoms with Crippen molar-refractivity contribution in [3.63, 3.8) is 0 Å². The molecule has 4 aromatic rings. The number of allylic oxidation sites excluding steroid dienone is 1. The fourth-order valence-corrected chi connectivity index (χ4v) is 3.83. The number of halogens is 3. The van der Waals surface area contributed by atoms with E-state index in [1.54, 1.807) is 30.3 Å². The van der Waals surface area contributed by atoms with E-state index in [1.807, 2.05) is 36.5 Å². The first-order valence-corrected chi connectivity index (χ1v) is 9.69. The number of benzene rings is 3. The van der Waals surface area contributed by atoms with Crippen LogP contribution in [0, 0.1) is 17.1 Å². The minimum Gasteiger partial charge on any atom is -0.343 e. The second kappa shape index (κ2) is 8.13. The molecule has 0 aliphatic carbocycles. The summed E-state index contributed by atoms with van der Waals surface area (Å²) in [4.78, 5) is 0. The number of aromatic nitrogens is 1. The van der Waals surface area contributed by atoms with Crippen molar-refractivity contribution in [3.05, 3.63) is 105 Å². The molecular weight excluding hydrogens is 406 g/mol. The molecule has 0 bridgehead atoms. The van der Waals surface area contributed by atoms with Gasteiger partial charge in [0.25, 0.3) is 0 Å². The monoisotopic (exact) mass is 420 g/mol. The molecule has 0 aliphatic rings. The summed E-state index contributed by atoms with van der Waals surface area (Å²) in [7, 11) is 0. The van der Waals surface area contributed by atoms with E-state index < -0.39 is 0 Å². The van der Waals surface area contributed by atoms with Crippen LogP contribution < -0.4 is 0 Å². The quantitative estimate of drug-likeness (QED) is 0.253. The molecule has 0 spiro atoms. The lowest BCUT2D eigenvalue weighted by molar-refractivity contribution is 0.624. The summed E-state index contributed by atoms with van der Waals surface area (Å²) in [6.07, 6.45) is 3.78. The summed E-state index contributed by atoms with van der Waals surface area (Å²) in [5.41, 5.74) is 3.93. The van der Waals surface area contributed by atoms with Crippen molar-refractivity contribution in [1.82, 2.24) is 4.57 Å². The number of nitrogens with zero attached hydrogens (tertiary/aromatic N) is 2. The first-order valence-electron chi connectivity index (χ1n) is 8.94. The third kappa shape index (κ3) is 4.19. The Morgan fingerprint density at radius 2 is 1.90 bits per heavy atom. The van der Waals surface area contributed by atoms with Gasteiger partial charge in [-0.3, -0.25) is 0 Å². The highest BCUT2D eigenvalue weighted by Gasteiger charge is 2.08. The second-order valence-electron chi connectivity index (χ2n) is 6.69. The lowest BCUT2D eigenvalue weighted by Gasteiger charge is -2.07. The van der Waals surface area contributed by atoms with E-state index in [-0.39, 0.29) is 5.82 Å². The molecule has 3 aromatic carbocycles. The smallest absolute Gasteiger partial charge is 0.123 e. The Morgan fingerprint density at radius 3 is 2.66 bits per heavy atom. The molecule has 0 fully saturated rings. The second-order valence-corrected chi connectivity index (χ2v) is 7.53. The van der Waals surface area contributed by atoms with E-state index in [0.717, 1.165) is 22.0 Å². The van der Waals surface area contributed by atoms with E-state index in [1.165, 1.54) is 12.1 Å². The van der Waals surface area contributed by atoms with Crippen LogP contribution in [-0.4, -0.2) is 4.57 Å². The largest absolute Gasteiger partial charge is 0.343 e. The maximum Gasteiger partial charge on any atom is 0.123 e.